The van der Waals surface area contributed by atoms with Gasteiger partial charge in [-0.15, -0.1) is 5.75 Å². The van der Waals surface area contributed by atoms with Gasteiger partial charge in [0.2, 0.25) is 0 Å². The standard InChI is InChI=1S/C23H32O5S.K/c1-2-3-4-5-6-7-8-9-13-16-21-22(28-20-14-11-10-12-15-20)17-19(24)18-23(21)29(25,26)27;/h10-12,14-15,17-18,24H,2-9,13,16H2,1H3,(H,25,26,27);/q;+1/p-1. The van der Waals surface area contributed by atoms with Gasteiger partial charge in [0.25, 0.3) is 10.1 Å². The van der Waals surface area contributed by atoms with E-state index < -0.39 is 15.9 Å². The predicted molar refractivity (Wildman–Crippen MR) is 113 cm³/mol. The van der Waals surface area contributed by atoms with E-state index in [1.807, 2.05) is 6.07 Å². The second kappa shape index (κ2) is 14.6. The van der Waals surface area contributed by atoms with Crippen molar-refractivity contribution < 1.29 is 74.2 Å². The summed E-state index contributed by atoms with van der Waals surface area (Å²) in [6, 6.07) is 11.1. The fraction of sp³-hybridized carbons (Fsp3) is 0.478. The van der Waals surface area contributed by atoms with Gasteiger partial charge in [-0.3, -0.25) is 4.55 Å². The second-order valence-electron chi connectivity index (χ2n) is 7.37. The molecule has 0 saturated carbocycles. The van der Waals surface area contributed by atoms with Gasteiger partial charge in [0.1, 0.15) is 16.4 Å². The van der Waals surface area contributed by atoms with Crippen molar-refractivity contribution in [3.05, 3.63) is 48.0 Å². The topological polar surface area (TPSA) is 86.7 Å². The summed E-state index contributed by atoms with van der Waals surface area (Å²) in [6.45, 7) is 2.20. The number of benzene rings is 2. The molecule has 5 nitrogen and oxygen atoms in total. The maximum atomic E-state index is 12.0. The Balaban J connectivity index is 0.00000450. The molecule has 0 fully saturated rings. The largest absolute Gasteiger partial charge is 1.00 e. The van der Waals surface area contributed by atoms with Crippen LogP contribution in [0.25, 0.3) is 0 Å². The molecule has 2 rings (SSSR count). The summed E-state index contributed by atoms with van der Waals surface area (Å²) >= 11 is 0. The van der Waals surface area contributed by atoms with Gasteiger partial charge in [-0.25, -0.2) is 0 Å². The molecule has 30 heavy (non-hydrogen) atoms. The Morgan fingerprint density at radius 3 is 2.03 bits per heavy atom. The molecule has 0 saturated heterocycles. The Hall–Kier alpha value is -0.414. The van der Waals surface area contributed by atoms with Crippen LogP contribution < -0.4 is 61.2 Å². The van der Waals surface area contributed by atoms with Crippen LogP contribution in [0.1, 0.15) is 70.3 Å². The van der Waals surface area contributed by atoms with E-state index in [2.05, 4.69) is 6.92 Å². The maximum Gasteiger partial charge on any atom is 1.00 e. The number of rotatable bonds is 13. The van der Waals surface area contributed by atoms with Crippen LogP contribution in [0.15, 0.2) is 47.4 Å². The van der Waals surface area contributed by atoms with Gasteiger partial charge in [-0.2, -0.15) is 8.42 Å². The van der Waals surface area contributed by atoms with Crippen molar-refractivity contribution in [3.63, 3.8) is 0 Å². The summed E-state index contributed by atoms with van der Waals surface area (Å²) in [6.07, 6.45) is 10.7. The predicted octanol–water partition coefficient (Wildman–Crippen LogP) is 2.88. The summed E-state index contributed by atoms with van der Waals surface area (Å²) in [7, 11) is -4.51. The second-order valence-corrected chi connectivity index (χ2v) is 8.76. The molecule has 0 unspecified atom stereocenters. The van der Waals surface area contributed by atoms with Crippen molar-refractivity contribution in [3.8, 4) is 17.2 Å². The minimum absolute atomic E-state index is 0. The molecule has 0 aliphatic carbocycles. The first-order chi connectivity index (χ1) is 13.9. The zero-order valence-corrected chi connectivity index (χ0v) is 22.0. The molecule has 160 valence electrons. The van der Waals surface area contributed by atoms with Crippen molar-refractivity contribution in [1.29, 1.82) is 0 Å². The van der Waals surface area contributed by atoms with Gasteiger partial charge < -0.3 is 9.84 Å². The van der Waals surface area contributed by atoms with Crippen molar-refractivity contribution in [2.45, 2.75) is 76.0 Å². The monoisotopic (exact) mass is 458 g/mol. The Kier molecular flexibility index (Phi) is 13.5. The van der Waals surface area contributed by atoms with Crippen LogP contribution in [0.4, 0.5) is 0 Å². The van der Waals surface area contributed by atoms with Crippen molar-refractivity contribution >= 4 is 10.1 Å². The Labute approximate surface area is 223 Å². The molecule has 0 radical (unpaired) electrons. The third-order valence-corrected chi connectivity index (χ3v) is 5.84. The first kappa shape index (κ1) is 27.6. The van der Waals surface area contributed by atoms with Crippen molar-refractivity contribution in [2.24, 2.45) is 0 Å². The van der Waals surface area contributed by atoms with Crippen LogP contribution in [0.3, 0.4) is 0 Å². The Morgan fingerprint density at radius 2 is 1.47 bits per heavy atom. The van der Waals surface area contributed by atoms with Crippen LogP contribution >= 0.6 is 0 Å². The Bertz CT molecular complexity index is 853. The number of hydrogen-bond donors (Lipinski definition) is 1. The van der Waals surface area contributed by atoms with Gasteiger partial charge >= 0.3 is 51.4 Å². The molecule has 0 amide bonds. The van der Waals surface area contributed by atoms with Gasteiger partial charge in [-0.05, 0) is 37.1 Å². The van der Waals surface area contributed by atoms with E-state index in [-0.39, 0.29) is 62.0 Å². The van der Waals surface area contributed by atoms with Gasteiger partial charge in [0.15, 0.2) is 0 Å². The van der Waals surface area contributed by atoms with E-state index in [1.165, 1.54) is 44.6 Å². The number of ether oxygens (including phenoxy) is 1. The van der Waals surface area contributed by atoms with Gasteiger partial charge in [0.05, 0.1) is 0 Å². The number of hydrogen-bond acceptors (Lipinski definition) is 4. The first-order valence-electron chi connectivity index (χ1n) is 10.5. The molecule has 2 aromatic rings. The van der Waals surface area contributed by atoms with Crippen LogP contribution in [0.2, 0.25) is 0 Å². The van der Waals surface area contributed by atoms with Crippen molar-refractivity contribution in [2.75, 3.05) is 0 Å². The molecule has 0 aromatic heterocycles. The SMILES string of the molecule is CCCCCCCCCCCc1c(Oc2ccccc2)cc([O-])cc1S(=O)(=O)O.[K+]. The van der Waals surface area contributed by atoms with Crippen LogP contribution in [-0.2, 0) is 16.5 Å². The van der Waals surface area contributed by atoms with Crippen LogP contribution in [0, 0.1) is 0 Å². The zero-order chi connectivity index (χ0) is 21.1. The third kappa shape index (κ3) is 9.81. The van der Waals surface area contributed by atoms with E-state index in [4.69, 9.17) is 4.74 Å². The molecule has 0 spiro atoms. The summed E-state index contributed by atoms with van der Waals surface area (Å²) in [5, 5.41) is 12.0. The van der Waals surface area contributed by atoms with E-state index in [9.17, 15) is 18.1 Å². The van der Waals surface area contributed by atoms with Crippen molar-refractivity contribution in [1.82, 2.24) is 0 Å². The summed E-state index contributed by atoms with van der Waals surface area (Å²) < 4.78 is 39.1. The average molecular weight is 459 g/mol. The molecule has 0 bridgehead atoms. The molecule has 0 aliphatic heterocycles. The van der Waals surface area contributed by atoms with Crippen LogP contribution in [0.5, 0.6) is 17.2 Å². The third-order valence-electron chi connectivity index (χ3n) is 4.92. The Morgan fingerprint density at radius 1 is 0.900 bits per heavy atom. The quantitative estimate of drug-likeness (QED) is 0.283. The average Bonchev–Trinajstić information content (AvgIpc) is 2.67. The molecule has 2 aromatic carbocycles. The molecular weight excluding hydrogens is 427 g/mol. The van der Waals surface area contributed by atoms with Crippen LogP contribution in [-0.4, -0.2) is 13.0 Å². The fourth-order valence-electron chi connectivity index (χ4n) is 3.39. The number of para-hydroxylation sites is 1. The van der Waals surface area contributed by atoms with E-state index >= 15 is 0 Å². The minimum atomic E-state index is -4.51. The molecule has 1 N–H and O–H groups in total. The van der Waals surface area contributed by atoms with Gasteiger partial charge in [-0.1, -0.05) is 76.5 Å². The summed E-state index contributed by atoms with van der Waals surface area (Å²) in [5.74, 6) is 0.183. The molecule has 0 aliphatic rings. The zero-order valence-electron chi connectivity index (χ0n) is 18.1. The van der Waals surface area contributed by atoms with E-state index in [1.54, 1.807) is 24.3 Å². The first-order valence-corrected chi connectivity index (χ1v) is 11.9. The van der Waals surface area contributed by atoms with E-state index in [0.717, 1.165) is 25.3 Å². The van der Waals surface area contributed by atoms with E-state index in [0.29, 0.717) is 17.7 Å². The smallest absolute Gasteiger partial charge is 0.872 e. The molecular formula is C23H31KO5S. The maximum absolute atomic E-state index is 12.0. The molecule has 0 heterocycles. The summed E-state index contributed by atoms with van der Waals surface area (Å²) in [4.78, 5) is -0.351. The molecule has 0 atom stereocenters. The summed E-state index contributed by atoms with van der Waals surface area (Å²) in [5.41, 5.74) is 0.360. The molecule has 7 heteroatoms. The van der Waals surface area contributed by atoms with Gasteiger partial charge in [0, 0.05) is 5.56 Å². The number of unbranched alkanes of at least 4 members (excludes halogenated alkanes) is 8. The minimum Gasteiger partial charge on any atom is -0.872 e. The fourth-order valence-corrected chi connectivity index (χ4v) is 4.17. The normalized spacial score (nSPS) is 11.1.